The number of carbonyl (C=O) groups is 2. The van der Waals surface area contributed by atoms with Gasteiger partial charge in [0.15, 0.2) is 0 Å². The van der Waals surface area contributed by atoms with Crippen LogP contribution in [0.2, 0.25) is 0 Å². The third-order valence-corrected chi connectivity index (χ3v) is 4.13. The Kier molecular flexibility index (Phi) is 4.16. The van der Waals surface area contributed by atoms with Crippen LogP contribution in [0.25, 0.3) is 10.9 Å². The number of methoxy groups -OCH3 is 1. The molecule has 2 aromatic rings. The van der Waals surface area contributed by atoms with Crippen LogP contribution >= 0.6 is 0 Å². The summed E-state index contributed by atoms with van der Waals surface area (Å²) in [5.74, 6) is -1.30. The van der Waals surface area contributed by atoms with Gasteiger partial charge in [-0.05, 0) is 18.1 Å². The molecule has 0 saturated carbocycles. The molecule has 0 bridgehead atoms. The quantitative estimate of drug-likeness (QED) is 0.592. The lowest BCUT2D eigenvalue weighted by molar-refractivity contribution is -0.140. The number of fused-ring (bicyclic) bond motifs is 3. The van der Waals surface area contributed by atoms with Gasteiger partial charge in [-0.25, -0.2) is 4.79 Å². The highest BCUT2D eigenvalue weighted by molar-refractivity contribution is 5.87. The molecule has 0 unspecified atom stereocenters. The van der Waals surface area contributed by atoms with Crippen molar-refractivity contribution in [2.24, 2.45) is 0 Å². The van der Waals surface area contributed by atoms with Gasteiger partial charge < -0.3 is 14.8 Å². The maximum absolute atomic E-state index is 11.4. The second kappa shape index (κ2) is 6.26. The Balaban J connectivity index is 1.95. The first-order chi connectivity index (χ1) is 11.1. The van der Waals surface area contributed by atoms with E-state index in [9.17, 15) is 14.7 Å². The maximum Gasteiger partial charge on any atom is 0.330 e. The van der Waals surface area contributed by atoms with Crippen LogP contribution in [0.15, 0.2) is 36.4 Å². The predicted octanol–water partition coefficient (Wildman–Crippen LogP) is 1.93. The largest absolute Gasteiger partial charge is 0.480 e. The lowest BCUT2D eigenvalue weighted by Gasteiger charge is -2.28. The number of hydrogen-bond acceptors (Lipinski definition) is 4. The number of carboxylic acid groups (broad SMARTS) is 1. The van der Waals surface area contributed by atoms with Gasteiger partial charge in [0.25, 0.3) is 0 Å². The van der Waals surface area contributed by atoms with Crippen molar-refractivity contribution in [3.05, 3.63) is 47.7 Å². The number of carboxylic acids is 1. The molecule has 1 aliphatic rings. The fraction of sp³-hybridized carbons (Fsp3) is 0.294. The minimum Gasteiger partial charge on any atom is -0.480 e. The monoisotopic (exact) mass is 314 g/mol. The van der Waals surface area contributed by atoms with Gasteiger partial charge in [0.05, 0.1) is 13.2 Å². The molecular formula is C17H18N2O4. The smallest absolute Gasteiger partial charge is 0.330 e. The van der Waals surface area contributed by atoms with E-state index in [1.54, 1.807) is 6.08 Å². The molecule has 1 aromatic heterocycles. The number of para-hydroxylation sites is 1. The minimum absolute atomic E-state index is 0.187. The Hall–Kier alpha value is -2.60. The van der Waals surface area contributed by atoms with Crippen LogP contribution in [-0.4, -0.2) is 35.2 Å². The van der Waals surface area contributed by atoms with E-state index in [1.165, 1.54) is 13.2 Å². The molecule has 3 rings (SSSR count). The van der Waals surface area contributed by atoms with Gasteiger partial charge in [0, 0.05) is 29.1 Å². The van der Waals surface area contributed by atoms with E-state index < -0.39 is 18.0 Å². The molecule has 0 radical (unpaired) electrons. The summed E-state index contributed by atoms with van der Waals surface area (Å²) in [6.45, 7) is 0. The van der Waals surface area contributed by atoms with Gasteiger partial charge in [-0.1, -0.05) is 24.3 Å². The van der Waals surface area contributed by atoms with E-state index >= 15 is 0 Å². The molecule has 6 heteroatoms. The Labute approximate surface area is 133 Å². The van der Waals surface area contributed by atoms with Gasteiger partial charge in [0.1, 0.15) is 6.04 Å². The first-order valence-electron chi connectivity index (χ1n) is 7.43. The number of nitrogens with one attached hydrogen (secondary N) is 2. The molecule has 6 nitrogen and oxygen atoms in total. The number of esters is 1. The van der Waals surface area contributed by atoms with E-state index in [-0.39, 0.29) is 6.04 Å². The molecule has 23 heavy (non-hydrogen) atoms. The van der Waals surface area contributed by atoms with E-state index in [0.717, 1.165) is 22.2 Å². The topological polar surface area (TPSA) is 91.4 Å². The summed E-state index contributed by atoms with van der Waals surface area (Å²) in [5, 5.41) is 13.6. The van der Waals surface area contributed by atoms with Crippen LogP contribution in [0.5, 0.6) is 0 Å². The number of benzene rings is 1. The molecule has 2 atom stereocenters. The zero-order valence-corrected chi connectivity index (χ0v) is 12.7. The number of aromatic amines is 1. The van der Waals surface area contributed by atoms with Gasteiger partial charge in [-0.2, -0.15) is 0 Å². The second-order valence-corrected chi connectivity index (χ2v) is 5.54. The summed E-state index contributed by atoms with van der Waals surface area (Å²) in [6, 6.07) is 7.03. The lowest BCUT2D eigenvalue weighted by atomic mass is 9.92. The number of rotatable bonds is 4. The van der Waals surface area contributed by atoms with Gasteiger partial charge in [-0.3, -0.25) is 10.1 Å². The molecular weight excluding hydrogens is 296 g/mol. The van der Waals surface area contributed by atoms with E-state index in [2.05, 4.69) is 15.0 Å². The summed E-state index contributed by atoms with van der Waals surface area (Å²) >= 11 is 0. The third kappa shape index (κ3) is 2.98. The summed E-state index contributed by atoms with van der Waals surface area (Å²) in [5.41, 5.74) is 3.01. The molecule has 0 fully saturated rings. The molecule has 0 saturated heterocycles. The van der Waals surface area contributed by atoms with Crippen molar-refractivity contribution >= 4 is 22.8 Å². The Bertz CT molecular complexity index is 778. The summed E-state index contributed by atoms with van der Waals surface area (Å²) in [4.78, 5) is 26.0. The van der Waals surface area contributed by atoms with Gasteiger partial charge in [0.2, 0.25) is 0 Å². The van der Waals surface area contributed by atoms with Crippen molar-refractivity contribution in [2.75, 3.05) is 7.11 Å². The molecule has 1 aliphatic heterocycles. The third-order valence-electron chi connectivity index (χ3n) is 4.13. The van der Waals surface area contributed by atoms with Crippen molar-refractivity contribution in [1.29, 1.82) is 0 Å². The number of carbonyl (C=O) groups excluding carboxylic acids is 1. The fourth-order valence-corrected chi connectivity index (χ4v) is 3.04. The number of aromatic nitrogens is 1. The highest BCUT2D eigenvalue weighted by atomic mass is 16.5. The van der Waals surface area contributed by atoms with Crippen molar-refractivity contribution in [3.8, 4) is 0 Å². The van der Waals surface area contributed by atoms with E-state index in [1.807, 2.05) is 24.3 Å². The highest BCUT2D eigenvalue weighted by Crippen LogP contribution is 2.33. The highest BCUT2D eigenvalue weighted by Gasteiger charge is 2.32. The summed E-state index contributed by atoms with van der Waals surface area (Å²) in [7, 11) is 1.32. The standard InChI is InChI=1S/C17H18N2O4/c1-23-15(20)8-4-7-13-16-11(9-14(18-13)17(21)22)10-5-2-3-6-12(10)19-16/h2-6,8,13-14,18-19H,7,9H2,1H3,(H,21,22)/b8-4+/t13-,14+/m0/s1. The Morgan fingerprint density at radius 3 is 2.91 bits per heavy atom. The van der Waals surface area contributed by atoms with Crippen LogP contribution in [0, 0.1) is 0 Å². The maximum atomic E-state index is 11.4. The van der Waals surface area contributed by atoms with Crippen LogP contribution in [0.4, 0.5) is 0 Å². The van der Waals surface area contributed by atoms with Crippen LogP contribution in [-0.2, 0) is 20.7 Å². The second-order valence-electron chi connectivity index (χ2n) is 5.54. The molecule has 120 valence electrons. The molecule has 0 aliphatic carbocycles. The molecule has 0 amide bonds. The summed E-state index contributed by atoms with van der Waals surface area (Å²) < 4.78 is 4.57. The predicted molar refractivity (Wildman–Crippen MR) is 85.1 cm³/mol. The minimum atomic E-state index is -0.872. The number of H-pyrrole nitrogens is 1. The van der Waals surface area contributed by atoms with Crippen molar-refractivity contribution in [3.63, 3.8) is 0 Å². The fourth-order valence-electron chi connectivity index (χ4n) is 3.04. The Morgan fingerprint density at radius 1 is 1.39 bits per heavy atom. The first-order valence-corrected chi connectivity index (χ1v) is 7.43. The number of hydrogen-bond donors (Lipinski definition) is 3. The van der Waals surface area contributed by atoms with Gasteiger partial charge in [-0.15, -0.1) is 0 Å². The van der Waals surface area contributed by atoms with Crippen LogP contribution < -0.4 is 5.32 Å². The van der Waals surface area contributed by atoms with Crippen LogP contribution in [0.3, 0.4) is 0 Å². The molecule has 0 spiro atoms. The normalized spacial score (nSPS) is 20.6. The van der Waals surface area contributed by atoms with E-state index in [4.69, 9.17) is 0 Å². The van der Waals surface area contributed by atoms with Crippen molar-refractivity contribution < 1.29 is 19.4 Å². The van der Waals surface area contributed by atoms with Crippen LogP contribution in [0.1, 0.15) is 23.7 Å². The summed E-state index contributed by atoms with van der Waals surface area (Å²) in [6.07, 6.45) is 3.99. The first kappa shape index (κ1) is 15.3. The van der Waals surface area contributed by atoms with Gasteiger partial charge >= 0.3 is 11.9 Å². The lowest BCUT2D eigenvalue weighted by Crippen LogP contribution is -2.44. The molecule has 1 aromatic carbocycles. The van der Waals surface area contributed by atoms with Crippen molar-refractivity contribution in [2.45, 2.75) is 24.9 Å². The molecule has 2 heterocycles. The SMILES string of the molecule is COC(=O)/C=C/C[C@@H]1N[C@@H](C(=O)O)Cc2c1[nH]c1ccccc21. The zero-order chi connectivity index (χ0) is 16.4. The number of ether oxygens (including phenoxy) is 1. The zero-order valence-electron chi connectivity index (χ0n) is 12.7. The Morgan fingerprint density at radius 2 is 2.17 bits per heavy atom. The van der Waals surface area contributed by atoms with E-state index in [0.29, 0.717) is 12.8 Å². The average molecular weight is 314 g/mol. The van der Waals surface area contributed by atoms with Crippen molar-refractivity contribution in [1.82, 2.24) is 10.3 Å². The molecule has 3 N–H and O–H groups in total. The average Bonchev–Trinajstić information content (AvgIpc) is 2.93. The number of aliphatic carboxylic acids is 1.